The summed E-state index contributed by atoms with van der Waals surface area (Å²) in [6, 6.07) is 0. The zero-order chi connectivity index (χ0) is 11.5. The number of piperidine rings is 1. The van der Waals surface area contributed by atoms with E-state index in [1.54, 1.807) is 0 Å². The first kappa shape index (κ1) is 12.5. The van der Waals surface area contributed by atoms with Gasteiger partial charge in [0.05, 0.1) is 0 Å². The molecule has 0 radical (unpaired) electrons. The second kappa shape index (κ2) is 5.00. The van der Waals surface area contributed by atoms with Crippen LogP contribution >= 0.6 is 0 Å². The quantitative estimate of drug-likeness (QED) is 0.687. The standard InChI is InChI=1S/C13H25NO/c1-11(13(2,3)4)10-12(15)14-8-6-5-7-9-14/h11H,5-10H2,1-4H3. The van der Waals surface area contributed by atoms with E-state index < -0.39 is 0 Å². The number of carbonyl (C=O) groups is 1. The summed E-state index contributed by atoms with van der Waals surface area (Å²) in [5.74, 6) is 0.823. The fourth-order valence-electron chi connectivity index (χ4n) is 1.84. The van der Waals surface area contributed by atoms with Gasteiger partial charge in [-0.15, -0.1) is 0 Å². The molecular formula is C13H25NO. The molecule has 1 aliphatic heterocycles. The fraction of sp³-hybridized carbons (Fsp3) is 0.923. The van der Waals surface area contributed by atoms with Crippen molar-refractivity contribution < 1.29 is 4.79 Å². The van der Waals surface area contributed by atoms with Gasteiger partial charge in [-0.3, -0.25) is 4.79 Å². The maximum Gasteiger partial charge on any atom is 0.222 e. The lowest BCUT2D eigenvalue weighted by molar-refractivity contribution is -0.133. The Bertz CT molecular complexity index is 211. The van der Waals surface area contributed by atoms with E-state index in [9.17, 15) is 4.79 Å². The third-order valence-electron chi connectivity index (χ3n) is 3.67. The normalized spacial score (nSPS) is 20.1. The third-order valence-corrected chi connectivity index (χ3v) is 3.67. The zero-order valence-corrected chi connectivity index (χ0v) is 10.7. The Morgan fingerprint density at radius 3 is 2.20 bits per heavy atom. The summed E-state index contributed by atoms with van der Waals surface area (Å²) in [7, 11) is 0. The molecule has 1 unspecified atom stereocenters. The van der Waals surface area contributed by atoms with Crippen molar-refractivity contribution in [1.29, 1.82) is 0 Å². The Hall–Kier alpha value is -0.530. The van der Waals surface area contributed by atoms with Crippen LogP contribution < -0.4 is 0 Å². The van der Waals surface area contributed by atoms with Gasteiger partial charge in [0.15, 0.2) is 0 Å². The van der Waals surface area contributed by atoms with E-state index in [0.717, 1.165) is 13.1 Å². The molecule has 1 heterocycles. The summed E-state index contributed by atoms with van der Waals surface area (Å²) in [5, 5.41) is 0. The summed E-state index contributed by atoms with van der Waals surface area (Å²) < 4.78 is 0. The summed E-state index contributed by atoms with van der Waals surface area (Å²) in [4.78, 5) is 14.0. The molecule has 1 fully saturated rings. The Labute approximate surface area is 94.0 Å². The molecule has 0 spiro atoms. The number of carbonyl (C=O) groups excluding carboxylic acids is 1. The van der Waals surface area contributed by atoms with Gasteiger partial charge in [-0.25, -0.2) is 0 Å². The highest BCUT2D eigenvalue weighted by molar-refractivity contribution is 5.76. The van der Waals surface area contributed by atoms with Crippen LogP contribution in [0.15, 0.2) is 0 Å². The number of hydrogen-bond donors (Lipinski definition) is 0. The molecule has 2 heteroatoms. The fourth-order valence-corrected chi connectivity index (χ4v) is 1.84. The highest BCUT2D eigenvalue weighted by atomic mass is 16.2. The van der Waals surface area contributed by atoms with Crippen molar-refractivity contribution in [2.24, 2.45) is 11.3 Å². The van der Waals surface area contributed by atoms with Gasteiger partial charge in [-0.05, 0) is 30.6 Å². The Morgan fingerprint density at radius 1 is 1.20 bits per heavy atom. The first-order chi connectivity index (χ1) is 6.91. The van der Waals surface area contributed by atoms with E-state index in [4.69, 9.17) is 0 Å². The minimum absolute atomic E-state index is 0.242. The van der Waals surface area contributed by atoms with Crippen molar-refractivity contribution in [2.45, 2.75) is 53.4 Å². The Morgan fingerprint density at radius 2 is 1.73 bits per heavy atom. The van der Waals surface area contributed by atoms with E-state index in [2.05, 4.69) is 27.7 Å². The summed E-state index contributed by atoms with van der Waals surface area (Å²) >= 11 is 0. The molecule has 0 aromatic carbocycles. The van der Waals surface area contributed by atoms with Gasteiger partial charge in [0.1, 0.15) is 0 Å². The molecule has 0 N–H and O–H groups in total. The van der Waals surface area contributed by atoms with Crippen LogP contribution in [0.3, 0.4) is 0 Å². The molecule has 15 heavy (non-hydrogen) atoms. The molecule has 1 amide bonds. The summed E-state index contributed by atoms with van der Waals surface area (Å²) in [5.41, 5.74) is 0.242. The van der Waals surface area contributed by atoms with Gasteiger partial charge in [0.25, 0.3) is 0 Å². The van der Waals surface area contributed by atoms with Gasteiger partial charge in [0.2, 0.25) is 5.91 Å². The number of rotatable bonds is 2. The van der Waals surface area contributed by atoms with Crippen LogP contribution in [0, 0.1) is 11.3 Å². The van der Waals surface area contributed by atoms with Crippen molar-refractivity contribution in [3.05, 3.63) is 0 Å². The van der Waals surface area contributed by atoms with Gasteiger partial charge in [-0.2, -0.15) is 0 Å². The van der Waals surface area contributed by atoms with Crippen molar-refractivity contribution in [3.8, 4) is 0 Å². The highest BCUT2D eigenvalue weighted by Crippen LogP contribution is 2.28. The number of hydrogen-bond acceptors (Lipinski definition) is 1. The van der Waals surface area contributed by atoms with E-state index in [-0.39, 0.29) is 5.41 Å². The summed E-state index contributed by atoms with van der Waals surface area (Å²) in [6.45, 7) is 10.8. The van der Waals surface area contributed by atoms with Gasteiger partial charge in [-0.1, -0.05) is 27.7 Å². The third kappa shape index (κ3) is 3.84. The predicted molar refractivity (Wildman–Crippen MR) is 63.7 cm³/mol. The molecule has 1 atom stereocenters. The molecule has 0 saturated carbocycles. The van der Waals surface area contributed by atoms with Crippen molar-refractivity contribution in [1.82, 2.24) is 4.90 Å². The van der Waals surface area contributed by atoms with Crippen LogP contribution in [0.4, 0.5) is 0 Å². The van der Waals surface area contributed by atoms with Gasteiger partial charge >= 0.3 is 0 Å². The maximum atomic E-state index is 12.0. The second-order valence-electron chi connectivity index (χ2n) is 5.91. The van der Waals surface area contributed by atoms with Crippen molar-refractivity contribution in [3.63, 3.8) is 0 Å². The summed E-state index contributed by atoms with van der Waals surface area (Å²) in [6.07, 6.45) is 4.38. The average molecular weight is 211 g/mol. The first-order valence-corrected chi connectivity index (χ1v) is 6.19. The molecule has 0 bridgehead atoms. The molecule has 1 aliphatic rings. The molecule has 88 valence electrons. The van der Waals surface area contributed by atoms with Gasteiger partial charge < -0.3 is 4.90 Å². The topological polar surface area (TPSA) is 20.3 Å². The molecule has 2 nitrogen and oxygen atoms in total. The van der Waals surface area contributed by atoms with Crippen LogP contribution in [0.25, 0.3) is 0 Å². The minimum Gasteiger partial charge on any atom is -0.343 e. The Kier molecular flexibility index (Phi) is 4.18. The zero-order valence-electron chi connectivity index (χ0n) is 10.7. The first-order valence-electron chi connectivity index (χ1n) is 6.19. The molecular weight excluding hydrogens is 186 g/mol. The van der Waals surface area contributed by atoms with Crippen LogP contribution in [0.2, 0.25) is 0 Å². The van der Waals surface area contributed by atoms with Crippen LogP contribution in [0.1, 0.15) is 53.4 Å². The molecule has 0 aromatic rings. The van der Waals surface area contributed by atoms with E-state index in [1.807, 2.05) is 4.90 Å². The lowest BCUT2D eigenvalue weighted by Crippen LogP contribution is -2.37. The largest absolute Gasteiger partial charge is 0.343 e. The number of amides is 1. The van der Waals surface area contributed by atoms with E-state index >= 15 is 0 Å². The predicted octanol–water partition coefficient (Wildman–Crippen LogP) is 3.07. The van der Waals surface area contributed by atoms with Crippen LogP contribution in [-0.4, -0.2) is 23.9 Å². The second-order valence-corrected chi connectivity index (χ2v) is 5.91. The molecule has 1 rings (SSSR count). The van der Waals surface area contributed by atoms with Crippen LogP contribution in [-0.2, 0) is 4.79 Å². The number of nitrogens with zero attached hydrogens (tertiary/aromatic N) is 1. The van der Waals surface area contributed by atoms with Gasteiger partial charge in [0, 0.05) is 19.5 Å². The number of likely N-dealkylation sites (tertiary alicyclic amines) is 1. The monoisotopic (exact) mass is 211 g/mol. The molecule has 0 aliphatic carbocycles. The van der Waals surface area contributed by atoms with E-state index in [1.165, 1.54) is 19.3 Å². The Balaban J connectivity index is 2.40. The SMILES string of the molecule is CC(CC(=O)N1CCCCC1)C(C)(C)C. The minimum atomic E-state index is 0.242. The lowest BCUT2D eigenvalue weighted by atomic mass is 9.80. The highest BCUT2D eigenvalue weighted by Gasteiger charge is 2.25. The van der Waals surface area contributed by atoms with E-state index in [0.29, 0.717) is 18.2 Å². The smallest absolute Gasteiger partial charge is 0.222 e. The van der Waals surface area contributed by atoms with Crippen molar-refractivity contribution >= 4 is 5.91 Å². The molecule has 1 saturated heterocycles. The van der Waals surface area contributed by atoms with Crippen LogP contribution in [0.5, 0.6) is 0 Å². The lowest BCUT2D eigenvalue weighted by Gasteiger charge is -2.31. The average Bonchev–Trinajstić information content (AvgIpc) is 2.17. The van der Waals surface area contributed by atoms with Crippen molar-refractivity contribution in [2.75, 3.05) is 13.1 Å². The maximum absolute atomic E-state index is 12.0. The molecule has 0 aromatic heterocycles.